The average molecular weight is 331 g/mol. The summed E-state index contributed by atoms with van der Waals surface area (Å²) in [6.07, 6.45) is 1.74. The summed E-state index contributed by atoms with van der Waals surface area (Å²) in [5.41, 5.74) is -0.752. The standard InChI is InChI=1S/C16H13OPSe/c19-18(16-12-7-13-17-16,14-8-3-1-4-9-14)15-10-5-2-6-11-15/h1-13H. The van der Waals surface area contributed by atoms with Gasteiger partial charge >= 0.3 is 120 Å². The molecule has 94 valence electrons. The Morgan fingerprint density at radius 2 is 1.21 bits per heavy atom. The third-order valence-electron chi connectivity index (χ3n) is 3.06. The molecule has 2 aromatic carbocycles. The van der Waals surface area contributed by atoms with Crippen LogP contribution in [0.1, 0.15) is 0 Å². The van der Waals surface area contributed by atoms with Crippen molar-refractivity contribution in [3.8, 4) is 0 Å². The van der Waals surface area contributed by atoms with Gasteiger partial charge in [-0.1, -0.05) is 0 Å². The zero-order valence-corrected chi connectivity index (χ0v) is 12.9. The van der Waals surface area contributed by atoms with Gasteiger partial charge in [0, 0.05) is 0 Å². The Balaban J connectivity index is 2.26. The van der Waals surface area contributed by atoms with Crippen molar-refractivity contribution in [2.75, 3.05) is 0 Å². The molecule has 1 nitrogen and oxygen atoms in total. The van der Waals surface area contributed by atoms with Crippen LogP contribution in [0.3, 0.4) is 0 Å². The van der Waals surface area contributed by atoms with Gasteiger partial charge in [0.15, 0.2) is 0 Å². The van der Waals surface area contributed by atoms with Crippen LogP contribution in [0.4, 0.5) is 0 Å². The predicted octanol–water partition coefficient (Wildman–Crippen LogP) is 2.66. The van der Waals surface area contributed by atoms with Crippen LogP contribution in [-0.2, 0) is 0 Å². The van der Waals surface area contributed by atoms with E-state index in [4.69, 9.17) is 4.42 Å². The summed E-state index contributed by atoms with van der Waals surface area (Å²) in [5.74, 6) is 0. The number of rotatable bonds is 3. The third kappa shape index (κ3) is 2.28. The molecule has 0 atom stereocenters. The van der Waals surface area contributed by atoms with Crippen LogP contribution in [0.5, 0.6) is 0 Å². The van der Waals surface area contributed by atoms with E-state index in [9.17, 15) is 0 Å². The van der Waals surface area contributed by atoms with E-state index in [0.717, 1.165) is 5.50 Å². The van der Waals surface area contributed by atoms with E-state index in [1.54, 1.807) is 6.26 Å². The minimum absolute atomic E-state index is 1.02. The Hall–Kier alpha value is -1.33. The first kappa shape index (κ1) is 12.7. The van der Waals surface area contributed by atoms with Gasteiger partial charge in [-0.15, -0.1) is 0 Å². The molecule has 0 N–H and O–H groups in total. The van der Waals surface area contributed by atoms with Crippen LogP contribution in [0.25, 0.3) is 0 Å². The van der Waals surface area contributed by atoms with Gasteiger partial charge in [0.25, 0.3) is 0 Å². The summed E-state index contributed by atoms with van der Waals surface area (Å²) in [7, 11) is 0. The Bertz CT molecular complexity index is 647. The van der Waals surface area contributed by atoms with E-state index in [1.807, 2.05) is 18.2 Å². The number of hydrogen-bond acceptors (Lipinski definition) is 1. The third-order valence-corrected chi connectivity index (χ3v) is 9.77. The summed E-state index contributed by atoms with van der Waals surface area (Å²) in [4.78, 5) is 0. The van der Waals surface area contributed by atoms with Crippen LogP contribution in [0.15, 0.2) is 83.5 Å². The fourth-order valence-electron chi connectivity index (χ4n) is 2.13. The van der Waals surface area contributed by atoms with Gasteiger partial charge in [0.2, 0.25) is 0 Å². The maximum absolute atomic E-state index is 5.73. The second kappa shape index (κ2) is 5.35. The van der Waals surface area contributed by atoms with Crippen molar-refractivity contribution in [1.82, 2.24) is 0 Å². The van der Waals surface area contributed by atoms with Crippen molar-refractivity contribution in [2.24, 2.45) is 0 Å². The molecule has 3 rings (SSSR count). The molecule has 0 amide bonds. The SMILES string of the molecule is [Se]=P(c1ccccc1)(c1ccccc1)c1ccco1. The topological polar surface area (TPSA) is 13.1 Å². The molecule has 1 heterocycles. The molecule has 0 spiro atoms. The van der Waals surface area contributed by atoms with Crippen LogP contribution in [0, 0.1) is 0 Å². The van der Waals surface area contributed by atoms with Crippen molar-refractivity contribution in [3.63, 3.8) is 0 Å². The molecule has 0 fully saturated rings. The van der Waals surface area contributed by atoms with Crippen molar-refractivity contribution < 1.29 is 4.42 Å². The first-order chi connectivity index (χ1) is 9.32. The first-order valence-corrected chi connectivity index (χ1v) is 10.1. The van der Waals surface area contributed by atoms with Crippen molar-refractivity contribution in [3.05, 3.63) is 79.1 Å². The predicted molar refractivity (Wildman–Crippen MR) is 83.2 cm³/mol. The number of hydrogen-bond donors (Lipinski definition) is 0. The minimum atomic E-state index is -1.77. The first-order valence-electron chi connectivity index (χ1n) is 6.07. The van der Waals surface area contributed by atoms with Crippen molar-refractivity contribution in [1.29, 1.82) is 0 Å². The van der Waals surface area contributed by atoms with Crippen molar-refractivity contribution >= 4 is 36.7 Å². The fraction of sp³-hybridized carbons (Fsp3) is 0. The van der Waals surface area contributed by atoms with E-state index in [1.165, 1.54) is 10.6 Å². The molecule has 0 aliphatic carbocycles. The molecule has 0 radical (unpaired) electrons. The van der Waals surface area contributed by atoms with Gasteiger partial charge in [0.1, 0.15) is 0 Å². The van der Waals surface area contributed by atoms with E-state index in [-0.39, 0.29) is 0 Å². The zero-order valence-electron chi connectivity index (χ0n) is 10.3. The average Bonchev–Trinajstić information content (AvgIpc) is 3.03. The number of furan rings is 1. The molecule has 0 bridgehead atoms. The second-order valence-electron chi connectivity index (χ2n) is 4.23. The Labute approximate surface area is 120 Å². The van der Waals surface area contributed by atoms with E-state index in [0.29, 0.717) is 0 Å². The summed E-state index contributed by atoms with van der Waals surface area (Å²) in [5, 5.41) is 2.58. The maximum atomic E-state index is 5.73. The molecule has 3 heteroatoms. The Morgan fingerprint density at radius 3 is 1.63 bits per heavy atom. The molecule has 0 saturated heterocycles. The summed E-state index contributed by atoms with van der Waals surface area (Å²) >= 11 is 3.44. The number of benzene rings is 2. The van der Waals surface area contributed by atoms with Crippen LogP contribution in [0.2, 0.25) is 0 Å². The molecule has 0 saturated carbocycles. The fourth-order valence-corrected chi connectivity index (χ4v) is 6.81. The van der Waals surface area contributed by atoms with Gasteiger partial charge < -0.3 is 0 Å². The van der Waals surface area contributed by atoms with Gasteiger partial charge in [-0.2, -0.15) is 0 Å². The molecule has 19 heavy (non-hydrogen) atoms. The van der Waals surface area contributed by atoms with Gasteiger partial charge in [-0.3, -0.25) is 0 Å². The van der Waals surface area contributed by atoms with Crippen LogP contribution in [-0.4, -0.2) is 15.1 Å². The van der Waals surface area contributed by atoms with Crippen LogP contribution >= 0.6 is 5.51 Å². The summed E-state index contributed by atoms with van der Waals surface area (Å²) < 4.78 is 5.73. The van der Waals surface area contributed by atoms with E-state index in [2.05, 4.69) is 69.7 Å². The van der Waals surface area contributed by atoms with E-state index < -0.39 is 5.51 Å². The Kier molecular flexibility index (Phi) is 3.57. The molecular weight excluding hydrogens is 318 g/mol. The van der Waals surface area contributed by atoms with Gasteiger partial charge in [-0.05, 0) is 0 Å². The van der Waals surface area contributed by atoms with Gasteiger partial charge in [-0.25, -0.2) is 0 Å². The normalized spacial score (nSPS) is 11.4. The van der Waals surface area contributed by atoms with Crippen molar-refractivity contribution in [2.45, 2.75) is 0 Å². The summed E-state index contributed by atoms with van der Waals surface area (Å²) in [6, 6.07) is 25.1. The van der Waals surface area contributed by atoms with Gasteiger partial charge in [0.05, 0.1) is 0 Å². The molecule has 0 unspecified atom stereocenters. The van der Waals surface area contributed by atoms with Crippen LogP contribution < -0.4 is 16.1 Å². The quantitative estimate of drug-likeness (QED) is 0.531. The monoisotopic (exact) mass is 332 g/mol. The zero-order chi connectivity index (χ0) is 13.1. The molecule has 1 aromatic heterocycles. The Morgan fingerprint density at radius 1 is 0.684 bits per heavy atom. The van der Waals surface area contributed by atoms with E-state index >= 15 is 0 Å². The second-order valence-corrected chi connectivity index (χ2v) is 10.4. The summed E-state index contributed by atoms with van der Waals surface area (Å²) in [6.45, 7) is 0. The molecule has 0 aliphatic heterocycles. The molecule has 3 aromatic rings. The molecule has 0 aliphatic rings. The molecular formula is C16H13OPSe.